The molecule has 0 bridgehead atoms. The van der Waals surface area contributed by atoms with E-state index in [1.54, 1.807) is 11.8 Å². The van der Waals surface area contributed by atoms with Crippen molar-refractivity contribution in [2.24, 2.45) is 0 Å². The molecule has 2 heterocycles. The van der Waals surface area contributed by atoms with Gasteiger partial charge in [-0.2, -0.15) is 11.8 Å². The van der Waals surface area contributed by atoms with Crippen molar-refractivity contribution >= 4 is 11.8 Å². The van der Waals surface area contributed by atoms with Crippen LogP contribution in [-0.4, -0.2) is 32.6 Å². The van der Waals surface area contributed by atoms with Gasteiger partial charge in [-0.3, -0.25) is 14.3 Å². The SMILES string of the molecule is O=c1ccn([C@@H]2C[C@H](SCc3ccccc3)[C@@H](CO)O2)c(=O)[nH]1. The van der Waals surface area contributed by atoms with Gasteiger partial charge >= 0.3 is 5.69 Å². The normalized spacial score (nSPS) is 24.0. The summed E-state index contributed by atoms with van der Waals surface area (Å²) in [6.07, 6.45) is 1.25. The molecule has 1 aromatic heterocycles. The summed E-state index contributed by atoms with van der Waals surface area (Å²) < 4.78 is 7.16. The number of hydrogen-bond acceptors (Lipinski definition) is 5. The fraction of sp³-hybridized carbons (Fsp3) is 0.375. The monoisotopic (exact) mass is 334 g/mol. The zero-order valence-corrected chi connectivity index (χ0v) is 13.2. The quantitative estimate of drug-likeness (QED) is 0.856. The van der Waals surface area contributed by atoms with Crippen molar-refractivity contribution in [2.75, 3.05) is 6.61 Å². The molecule has 7 heteroatoms. The topological polar surface area (TPSA) is 84.3 Å². The smallest absolute Gasteiger partial charge is 0.330 e. The Kier molecular flexibility index (Phi) is 5.00. The number of hydrogen-bond donors (Lipinski definition) is 2. The van der Waals surface area contributed by atoms with Crippen molar-refractivity contribution in [3.63, 3.8) is 0 Å². The van der Waals surface area contributed by atoms with Gasteiger partial charge in [0.15, 0.2) is 0 Å². The van der Waals surface area contributed by atoms with Crippen LogP contribution in [-0.2, 0) is 10.5 Å². The van der Waals surface area contributed by atoms with Gasteiger partial charge in [0.25, 0.3) is 5.56 Å². The molecular weight excluding hydrogens is 316 g/mol. The van der Waals surface area contributed by atoms with Gasteiger partial charge in [-0.15, -0.1) is 0 Å². The number of aliphatic hydroxyl groups is 1. The number of H-pyrrole nitrogens is 1. The van der Waals surface area contributed by atoms with Gasteiger partial charge in [0.1, 0.15) is 6.23 Å². The van der Waals surface area contributed by atoms with E-state index in [9.17, 15) is 14.7 Å². The van der Waals surface area contributed by atoms with Crippen molar-refractivity contribution in [1.29, 1.82) is 0 Å². The minimum atomic E-state index is -0.493. The van der Waals surface area contributed by atoms with Crippen LogP contribution in [0.5, 0.6) is 0 Å². The van der Waals surface area contributed by atoms with E-state index >= 15 is 0 Å². The third-order valence-corrected chi connectivity index (χ3v) is 5.25. The Morgan fingerprint density at radius 2 is 2.04 bits per heavy atom. The third-order valence-electron chi connectivity index (χ3n) is 3.83. The van der Waals surface area contributed by atoms with Crippen molar-refractivity contribution in [3.05, 3.63) is 69.0 Å². The summed E-state index contributed by atoms with van der Waals surface area (Å²) in [5.74, 6) is 0.818. The predicted octanol–water partition coefficient (Wildman–Crippen LogP) is 1.12. The molecule has 0 spiro atoms. The molecule has 3 atom stereocenters. The van der Waals surface area contributed by atoms with E-state index in [0.717, 1.165) is 5.75 Å². The molecule has 1 fully saturated rings. The average molecular weight is 334 g/mol. The Bertz CT molecular complexity index is 758. The largest absolute Gasteiger partial charge is 0.394 e. The minimum Gasteiger partial charge on any atom is -0.394 e. The van der Waals surface area contributed by atoms with Gasteiger partial charge in [0.2, 0.25) is 0 Å². The first kappa shape index (κ1) is 16.0. The number of ether oxygens (including phenoxy) is 1. The van der Waals surface area contributed by atoms with Crippen LogP contribution in [0.2, 0.25) is 0 Å². The van der Waals surface area contributed by atoms with Crippen LogP contribution < -0.4 is 11.2 Å². The summed E-state index contributed by atoms with van der Waals surface area (Å²) in [6.45, 7) is -0.0962. The van der Waals surface area contributed by atoms with Crippen LogP contribution in [0.25, 0.3) is 0 Å². The summed E-state index contributed by atoms with van der Waals surface area (Å²) in [6, 6.07) is 11.4. The second kappa shape index (κ2) is 7.16. The lowest BCUT2D eigenvalue weighted by Crippen LogP contribution is -2.31. The number of rotatable bonds is 5. The van der Waals surface area contributed by atoms with E-state index in [2.05, 4.69) is 17.1 Å². The highest BCUT2D eigenvalue weighted by Crippen LogP contribution is 2.36. The molecule has 1 aromatic carbocycles. The molecule has 2 aromatic rings. The van der Waals surface area contributed by atoms with Gasteiger partial charge in [-0.25, -0.2) is 4.79 Å². The maximum absolute atomic E-state index is 11.9. The molecular formula is C16H18N2O4S. The molecule has 23 heavy (non-hydrogen) atoms. The molecule has 6 nitrogen and oxygen atoms in total. The van der Waals surface area contributed by atoms with E-state index in [1.807, 2.05) is 18.2 Å². The molecule has 1 aliphatic heterocycles. The predicted molar refractivity (Wildman–Crippen MR) is 88.5 cm³/mol. The second-order valence-corrected chi connectivity index (χ2v) is 6.63. The van der Waals surface area contributed by atoms with Crippen molar-refractivity contribution < 1.29 is 9.84 Å². The number of nitrogens with one attached hydrogen (secondary N) is 1. The van der Waals surface area contributed by atoms with Gasteiger partial charge in [-0.05, 0) is 5.56 Å². The summed E-state index contributed by atoms with van der Waals surface area (Å²) >= 11 is 1.70. The molecule has 0 saturated carbocycles. The second-order valence-electron chi connectivity index (χ2n) is 5.40. The van der Waals surface area contributed by atoms with Crippen LogP contribution in [0.15, 0.2) is 52.2 Å². The lowest BCUT2D eigenvalue weighted by molar-refractivity contribution is -0.0237. The number of aliphatic hydroxyl groups excluding tert-OH is 1. The highest BCUT2D eigenvalue weighted by molar-refractivity contribution is 7.99. The first-order valence-electron chi connectivity index (χ1n) is 7.40. The number of aromatic amines is 1. The van der Waals surface area contributed by atoms with Gasteiger partial charge < -0.3 is 9.84 Å². The Labute approximate surface area is 137 Å². The average Bonchev–Trinajstić information content (AvgIpc) is 2.97. The third kappa shape index (κ3) is 3.74. The van der Waals surface area contributed by atoms with Gasteiger partial charge in [0, 0.05) is 29.7 Å². The van der Waals surface area contributed by atoms with E-state index in [-0.39, 0.29) is 18.0 Å². The maximum atomic E-state index is 11.9. The fourth-order valence-electron chi connectivity index (χ4n) is 2.64. The summed E-state index contributed by atoms with van der Waals surface area (Å²) in [5.41, 5.74) is 0.282. The summed E-state index contributed by atoms with van der Waals surface area (Å²) in [5, 5.41) is 9.62. The van der Waals surface area contributed by atoms with Crippen LogP contribution in [0.4, 0.5) is 0 Å². The Balaban J connectivity index is 1.70. The van der Waals surface area contributed by atoms with Gasteiger partial charge in [0.05, 0.1) is 12.7 Å². The summed E-state index contributed by atoms with van der Waals surface area (Å²) in [7, 11) is 0. The number of aromatic nitrogens is 2. The first-order valence-corrected chi connectivity index (χ1v) is 8.45. The highest BCUT2D eigenvalue weighted by atomic mass is 32.2. The van der Waals surface area contributed by atoms with Crippen molar-refractivity contribution in [3.8, 4) is 0 Å². The van der Waals surface area contributed by atoms with Crippen molar-refractivity contribution in [2.45, 2.75) is 29.8 Å². The van der Waals surface area contributed by atoms with E-state index in [1.165, 1.54) is 22.4 Å². The van der Waals surface area contributed by atoms with E-state index in [4.69, 9.17) is 4.74 Å². The van der Waals surface area contributed by atoms with Crippen molar-refractivity contribution in [1.82, 2.24) is 9.55 Å². The van der Waals surface area contributed by atoms with E-state index in [0.29, 0.717) is 6.42 Å². The van der Waals surface area contributed by atoms with Crippen LogP contribution >= 0.6 is 11.8 Å². The zero-order valence-electron chi connectivity index (χ0n) is 12.4. The Morgan fingerprint density at radius 1 is 1.26 bits per heavy atom. The molecule has 0 aliphatic carbocycles. The fourth-order valence-corrected chi connectivity index (χ4v) is 3.91. The van der Waals surface area contributed by atoms with Crippen LogP contribution in [0, 0.1) is 0 Å². The Morgan fingerprint density at radius 3 is 2.74 bits per heavy atom. The first-order chi connectivity index (χ1) is 11.2. The molecule has 0 radical (unpaired) electrons. The molecule has 2 N–H and O–H groups in total. The standard InChI is InChI=1S/C16H18N2O4S/c19-9-12-13(23-10-11-4-2-1-3-5-11)8-15(22-12)18-7-6-14(20)17-16(18)21/h1-7,12-13,15,19H,8-10H2,(H,17,20,21)/t12-,13+,15+/m1/s1. The summed E-state index contributed by atoms with van der Waals surface area (Å²) in [4.78, 5) is 25.2. The van der Waals surface area contributed by atoms with Gasteiger partial charge in [-0.1, -0.05) is 30.3 Å². The molecule has 1 aliphatic rings. The zero-order chi connectivity index (χ0) is 16.2. The number of benzene rings is 1. The number of nitrogens with zero attached hydrogens (tertiary/aromatic N) is 1. The Hall–Kier alpha value is -1.83. The molecule has 0 unspecified atom stereocenters. The lowest BCUT2D eigenvalue weighted by Gasteiger charge is -2.15. The number of thioether (sulfide) groups is 1. The molecule has 0 amide bonds. The van der Waals surface area contributed by atoms with Crippen LogP contribution in [0.3, 0.4) is 0 Å². The minimum absolute atomic E-state index is 0.0871. The maximum Gasteiger partial charge on any atom is 0.330 e. The molecule has 3 rings (SSSR count). The molecule has 122 valence electrons. The lowest BCUT2D eigenvalue weighted by atomic mass is 10.2. The van der Waals surface area contributed by atoms with Crippen LogP contribution in [0.1, 0.15) is 18.2 Å². The highest BCUT2D eigenvalue weighted by Gasteiger charge is 2.36. The van der Waals surface area contributed by atoms with E-state index < -0.39 is 17.5 Å². The molecule has 1 saturated heterocycles.